The molecule has 1 saturated carbocycles. The maximum atomic E-state index is 10.0. The Bertz CT molecular complexity index is 407. The fourth-order valence-corrected chi connectivity index (χ4v) is 2.69. The summed E-state index contributed by atoms with van der Waals surface area (Å²) in [5, 5.41) is 27.1. The summed E-state index contributed by atoms with van der Waals surface area (Å²) in [5.74, 6) is 0.758. The highest BCUT2D eigenvalue weighted by Gasteiger charge is 2.41. The van der Waals surface area contributed by atoms with Gasteiger partial charge in [-0.2, -0.15) is 0 Å². The van der Waals surface area contributed by atoms with E-state index in [0.29, 0.717) is 19.6 Å². The molecule has 0 aliphatic heterocycles. The highest BCUT2D eigenvalue weighted by Crippen LogP contribution is 2.27. The van der Waals surface area contributed by atoms with Crippen molar-refractivity contribution >= 4 is 12.4 Å². The second-order valence-electron chi connectivity index (χ2n) is 5.22. The van der Waals surface area contributed by atoms with Crippen LogP contribution in [0, 0.1) is 19.8 Å². The predicted molar refractivity (Wildman–Crippen MR) is 75.8 cm³/mol. The number of aliphatic hydroxyl groups is 2. The third-order valence-electron chi connectivity index (χ3n) is 3.90. The van der Waals surface area contributed by atoms with Crippen molar-refractivity contribution in [3.05, 3.63) is 17.0 Å². The van der Waals surface area contributed by atoms with Gasteiger partial charge in [0.15, 0.2) is 0 Å². The normalized spacial score (nSPS) is 29.4. The summed E-state index contributed by atoms with van der Waals surface area (Å²) < 4.78 is 10.2. The lowest BCUT2D eigenvalue weighted by Crippen LogP contribution is -2.39. The zero-order chi connectivity index (χ0) is 14.0. The maximum absolute atomic E-state index is 10.0. The van der Waals surface area contributed by atoms with Crippen molar-refractivity contribution in [1.29, 1.82) is 0 Å². The first kappa shape index (κ1) is 17.4. The minimum absolute atomic E-state index is 0. The highest BCUT2D eigenvalue weighted by molar-refractivity contribution is 5.85. The highest BCUT2D eigenvalue weighted by atomic mass is 35.5. The molecule has 1 fully saturated rings. The average Bonchev–Trinajstić information content (AvgIpc) is 2.83. The van der Waals surface area contributed by atoms with Crippen molar-refractivity contribution in [2.75, 3.05) is 13.7 Å². The predicted octanol–water partition coefficient (Wildman–Crippen LogP) is 0.560. The Morgan fingerprint density at radius 2 is 2.05 bits per heavy atom. The fourth-order valence-electron chi connectivity index (χ4n) is 2.69. The molecule has 0 saturated heterocycles. The largest absolute Gasteiger partial charge is 0.390 e. The lowest BCUT2D eigenvalue weighted by molar-refractivity contribution is -0.00598. The SMILES string of the molecule is COC[C@H]1C[C@@H](NCc2c(C)noc2C)[C@H](O)[C@@H]1O.Cl. The Morgan fingerprint density at radius 3 is 2.60 bits per heavy atom. The molecule has 116 valence electrons. The molecule has 0 bridgehead atoms. The van der Waals surface area contributed by atoms with Crippen molar-refractivity contribution in [2.45, 2.75) is 45.1 Å². The molecule has 3 N–H and O–H groups in total. The molecule has 1 heterocycles. The van der Waals surface area contributed by atoms with Crippen LogP contribution in [0.15, 0.2) is 4.52 Å². The topological polar surface area (TPSA) is 87.8 Å². The Labute approximate surface area is 124 Å². The van der Waals surface area contributed by atoms with Crippen LogP contribution >= 0.6 is 12.4 Å². The minimum atomic E-state index is -0.763. The first-order valence-electron chi connectivity index (χ1n) is 6.54. The van der Waals surface area contributed by atoms with Gasteiger partial charge in [0.25, 0.3) is 0 Å². The first-order chi connectivity index (χ1) is 9.04. The molecule has 6 nitrogen and oxygen atoms in total. The molecule has 1 aliphatic rings. The van der Waals surface area contributed by atoms with Gasteiger partial charge in [0.1, 0.15) is 5.76 Å². The van der Waals surface area contributed by atoms with Crippen LogP contribution in [0.5, 0.6) is 0 Å². The zero-order valence-corrected chi connectivity index (χ0v) is 12.8. The molecule has 1 aromatic rings. The van der Waals surface area contributed by atoms with E-state index < -0.39 is 12.2 Å². The van der Waals surface area contributed by atoms with Crippen LogP contribution in [0.4, 0.5) is 0 Å². The molecular weight excluding hydrogens is 284 g/mol. The molecule has 0 radical (unpaired) electrons. The van der Waals surface area contributed by atoms with Crippen molar-refractivity contribution in [3.63, 3.8) is 0 Å². The van der Waals surface area contributed by atoms with E-state index in [1.54, 1.807) is 7.11 Å². The van der Waals surface area contributed by atoms with Crippen LogP contribution in [0.1, 0.15) is 23.4 Å². The van der Waals surface area contributed by atoms with E-state index in [1.807, 2.05) is 13.8 Å². The number of aliphatic hydroxyl groups excluding tert-OH is 2. The average molecular weight is 307 g/mol. The van der Waals surface area contributed by atoms with Gasteiger partial charge < -0.3 is 24.8 Å². The Kier molecular flexibility index (Phi) is 6.42. The molecule has 7 heteroatoms. The van der Waals surface area contributed by atoms with Gasteiger partial charge in [-0.1, -0.05) is 5.16 Å². The number of halogens is 1. The molecule has 4 atom stereocenters. The third-order valence-corrected chi connectivity index (χ3v) is 3.90. The molecule has 0 spiro atoms. The Hall–Kier alpha value is -0.660. The lowest BCUT2D eigenvalue weighted by atomic mass is 10.1. The number of hydrogen-bond donors (Lipinski definition) is 3. The van der Waals surface area contributed by atoms with Crippen LogP contribution in [0.3, 0.4) is 0 Å². The summed E-state index contributed by atoms with van der Waals surface area (Å²) in [6, 6.07) is -0.135. The Balaban J connectivity index is 0.00000200. The van der Waals surface area contributed by atoms with Crippen LogP contribution in [0.2, 0.25) is 0 Å². The van der Waals surface area contributed by atoms with Gasteiger partial charge >= 0.3 is 0 Å². The van der Waals surface area contributed by atoms with E-state index in [1.165, 1.54) is 0 Å². The number of methoxy groups -OCH3 is 1. The van der Waals surface area contributed by atoms with E-state index in [2.05, 4.69) is 10.5 Å². The molecule has 20 heavy (non-hydrogen) atoms. The number of aromatic nitrogens is 1. The fraction of sp³-hybridized carbons (Fsp3) is 0.769. The number of nitrogens with zero attached hydrogens (tertiary/aromatic N) is 1. The van der Waals surface area contributed by atoms with E-state index in [9.17, 15) is 10.2 Å². The van der Waals surface area contributed by atoms with Gasteiger partial charge in [-0.25, -0.2) is 0 Å². The smallest absolute Gasteiger partial charge is 0.138 e. The second kappa shape index (κ2) is 7.38. The van der Waals surface area contributed by atoms with E-state index in [-0.39, 0.29) is 24.4 Å². The van der Waals surface area contributed by atoms with Gasteiger partial charge in [-0.15, -0.1) is 12.4 Å². The van der Waals surface area contributed by atoms with Crippen molar-refractivity contribution < 1.29 is 19.5 Å². The number of rotatable bonds is 5. The van der Waals surface area contributed by atoms with Crippen molar-refractivity contribution in [2.24, 2.45) is 5.92 Å². The molecular formula is C13H23ClN2O4. The van der Waals surface area contributed by atoms with Crippen LogP contribution < -0.4 is 5.32 Å². The van der Waals surface area contributed by atoms with E-state index in [0.717, 1.165) is 17.0 Å². The summed E-state index contributed by atoms with van der Waals surface area (Å²) >= 11 is 0. The number of hydrogen-bond acceptors (Lipinski definition) is 6. The number of ether oxygens (including phenoxy) is 1. The molecule has 0 unspecified atom stereocenters. The first-order valence-corrected chi connectivity index (χ1v) is 6.54. The summed E-state index contributed by atoms with van der Waals surface area (Å²) in [6.07, 6.45) is -0.803. The number of aryl methyl sites for hydroxylation is 2. The van der Waals surface area contributed by atoms with E-state index >= 15 is 0 Å². The van der Waals surface area contributed by atoms with E-state index in [4.69, 9.17) is 9.26 Å². The van der Waals surface area contributed by atoms with Gasteiger partial charge in [-0.3, -0.25) is 0 Å². The van der Waals surface area contributed by atoms with Crippen molar-refractivity contribution in [3.8, 4) is 0 Å². The van der Waals surface area contributed by atoms with Gasteiger partial charge in [0, 0.05) is 31.2 Å². The molecule has 0 amide bonds. The molecule has 0 aromatic carbocycles. The van der Waals surface area contributed by atoms with Crippen LogP contribution in [-0.2, 0) is 11.3 Å². The van der Waals surface area contributed by atoms with Gasteiger partial charge in [-0.05, 0) is 20.3 Å². The number of nitrogens with one attached hydrogen (secondary N) is 1. The van der Waals surface area contributed by atoms with Crippen LogP contribution in [-0.4, -0.2) is 47.3 Å². The molecule has 1 aromatic heterocycles. The minimum Gasteiger partial charge on any atom is -0.390 e. The van der Waals surface area contributed by atoms with Gasteiger partial charge in [0.2, 0.25) is 0 Å². The standard InChI is InChI=1S/C13H22N2O4.ClH/c1-7-10(8(2)19-15-7)5-14-11-4-9(6-18-3)12(16)13(11)17;/h9,11-14,16-17H,4-6H2,1-3H3;1H/t9-,11-,12-,13+;/m1./s1. The molecule has 2 rings (SSSR count). The van der Waals surface area contributed by atoms with Crippen molar-refractivity contribution in [1.82, 2.24) is 10.5 Å². The summed E-state index contributed by atoms with van der Waals surface area (Å²) in [7, 11) is 1.60. The quantitative estimate of drug-likeness (QED) is 0.737. The summed E-state index contributed by atoms with van der Waals surface area (Å²) in [5.41, 5.74) is 1.86. The summed E-state index contributed by atoms with van der Waals surface area (Å²) in [4.78, 5) is 0. The Morgan fingerprint density at radius 1 is 1.35 bits per heavy atom. The second-order valence-corrected chi connectivity index (χ2v) is 5.22. The molecule has 1 aliphatic carbocycles. The third kappa shape index (κ3) is 3.51. The summed E-state index contributed by atoms with van der Waals surface area (Å²) in [6.45, 7) is 4.79. The maximum Gasteiger partial charge on any atom is 0.138 e. The zero-order valence-electron chi connectivity index (χ0n) is 12.0. The van der Waals surface area contributed by atoms with Crippen LogP contribution in [0.25, 0.3) is 0 Å². The van der Waals surface area contributed by atoms with Gasteiger partial charge in [0.05, 0.1) is 24.5 Å². The monoisotopic (exact) mass is 306 g/mol. The lowest BCUT2D eigenvalue weighted by Gasteiger charge is -2.18.